The molecular weight excluding hydrogens is 316 g/mol. The molecule has 0 amide bonds. The molecule has 116 valence electrons. The molecule has 0 heterocycles. The normalized spacial score (nSPS) is 12.2. The van der Waals surface area contributed by atoms with Gasteiger partial charge >= 0.3 is 0 Å². The molecule has 0 N–H and O–H groups in total. The lowest BCUT2D eigenvalue weighted by Gasteiger charge is -2.29. The molecule has 1 heteroatoms. The van der Waals surface area contributed by atoms with Gasteiger partial charge in [-0.2, -0.15) is 0 Å². The minimum Gasteiger partial charge on any atom is -0.0626 e. The van der Waals surface area contributed by atoms with Gasteiger partial charge in [0.25, 0.3) is 0 Å². The van der Waals surface area contributed by atoms with Crippen LogP contribution in [0.2, 0.25) is 0 Å². The summed E-state index contributed by atoms with van der Waals surface area (Å²) in [6, 6.07) is 31.4. The van der Waals surface area contributed by atoms with Crippen LogP contribution in [0.3, 0.4) is 0 Å². The minimum absolute atomic E-state index is 0.511. The smallest absolute Gasteiger partial charge is 0.0626 e. The van der Waals surface area contributed by atoms with Crippen molar-refractivity contribution in [3.63, 3.8) is 0 Å². The fourth-order valence-corrected chi connectivity index (χ4v) is 6.57. The van der Waals surface area contributed by atoms with E-state index in [9.17, 15) is 0 Å². The Morgan fingerprint density at radius 3 is 1.24 bits per heavy atom. The van der Waals surface area contributed by atoms with Gasteiger partial charge in [0.1, 0.15) is 0 Å². The maximum Gasteiger partial charge on any atom is 0.0891 e. The van der Waals surface area contributed by atoms with Gasteiger partial charge in [0, 0.05) is 0 Å². The maximum absolute atomic E-state index is 2.35. The van der Waals surface area contributed by atoms with E-state index in [1.165, 1.54) is 44.5 Å². The Bertz CT molecular complexity index is 1080. The van der Waals surface area contributed by atoms with Crippen molar-refractivity contribution in [3.8, 4) is 44.5 Å². The summed E-state index contributed by atoms with van der Waals surface area (Å²) in [7, 11) is -0.511. The molecule has 2 aliphatic carbocycles. The molecular formula is C24H16Si. The van der Waals surface area contributed by atoms with E-state index in [-0.39, 0.29) is 0 Å². The summed E-state index contributed by atoms with van der Waals surface area (Å²) in [4.78, 5) is 0. The van der Waals surface area contributed by atoms with Crippen LogP contribution in [0.5, 0.6) is 0 Å². The van der Waals surface area contributed by atoms with Crippen molar-refractivity contribution in [2.75, 3.05) is 0 Å². The quantitative estimate of drug-likeness (QED) is 0.419. The highest BCUT2D eigenvalue weighted by Gasteiger charge is 2.27. The van der Waals surface area contributed by atoms with Crippen molar-refractivity contribution in [1.82, 2.24) is 0 Å². The van der Waals surface area contributed by atoms with Crippen LogP contribution in [0.4, 0.5) is 0 Å². The second-order valence-electron chi connectivity index (χ2n) is 6.95. The van der Waals surface area contributed by atoms with Gasteiger partial charge in [-0.05, 0) is 44.5 Å². The zero-order valence-electron chi connectivity index (χ0n) is 13.8. The third-order valence-corrected chi connectivity index (χ3v) is 7.60. The van der Waals surface area contributed by atoms with Crippen molar-refractivity contribution < 1.29 is 0 Å². The van der Waals surface area contributed by atoms with Gasteiger partial charge in [0.15, 0.2) is 0 Å². The van der Waals surface area contributed by atoms with Crippen molar-refractivity contribution >= 4 is 19.9 Å². The predicted molar refractivity (Wildman–Crippen MR) is 110 cm³/mol. The summed E-state index contributed by atoms with van der Waals surface area (Å²) in [5.41, 5.74) is 11.6. The zero-order valence-corrected chi connectivity index (χ0v) is 15.2. The molecule has 2 aliphatic rings. The largest absolute Gasteiger partial charge is 0.0891 e. The van der Waals surface area contributed by atoms with Crippen molar-refractivity contribution in [2.24, 2.45) is 0 Å². The van der Waals surface area contributed by atoms with E-state index in [4.69, 9.17) is 0 Å². The van der Waals surface area contributed by atoms with Gasteiger partial charge < -0.3 is 0 Å². The van der Waals surface area contributed by atoms with E-state index in [1.54, 1.807) is 10.4 Å². The first-order valence-electron chi connectivity index (χ1n) is 8.85. The molecule has 0 aliphatic heterocycles. The molecule has 0 fully saturated rings. The van der Waals surface area contributed by atoms with Crippen LogP contribution >= 0.6 is 0 Å². The zero-order chi connectivity index (χ0) is 16.4. The molecule has 0 nitrogen and oxygen atoms in total. The second-order valence-corrected chi connectivity index (χ2v) is 8.82. The monoisotopic (exact) mass is 332 g/mol. The van der Waals surface area contributed by atoms with Gasteiger partial charge in [-0.25, -0.2) is 0 Å². The highest BCUT2D eigenvalue weighted by molar-refractivity contribution is 6.71. The Balaban J connectivity index is 1.46. The summed E-state index contributed by atoms with van der Waals surface area (Å²) < 4.78 is 0. The first-order chi connectivity index (χ1) is 12.4. The fourth-order valence-electron chi connectivity index (χ4n) is 4.53. The summed E-state index contributed by atoms with van der Waals surface area (Å²) in [6.07, 6.45) is 0. The lowest BCUT2D eigenvalue weighted by molar-refractivity contribution is 1.53. The number of rotatable bonds is 2. The molecule has 6 rings (SSSR count). The Labute approximate surface area is 149 Å². The second kappa shape index (κ2) is 4.81. The molecule has 0 bridgehead atoms. The van der Waals surface area contributed by atoms with Gasteiger partial charge in [-0.1, -0.05) is 95.3 Å². The van der Waals surface area contributed by atoms with Crippen LogP contribution in [0.15, 0.2) is 84.9 Å². The van der Waals surface area contributed by atoms with Crippen LogP contribution < -0.4 is 10.4 Å². The van der Waals surface area contributed by atoms with E-state index in [0.717, 1.165) is 0 Å². The summed E-state index contributed by atoms with van der Waals surface area (Å²) in [6.45, 7) is 0. The lowest BCUT2D eigenvalue weighted by atomic mass is 9.80. The molecule has 4 aromatic carbocycles. The van der Waals surface area contributed by atoms with Crippen LogP contribution in [-0.4, -0.2) is 9.52 Å². The van der Waals surface area contributed by atoms with E-state index in [2.05, 4.69) is 84.9 Å². The van der Waals surface area contributed by atoms with Crippen LogP contribution in [-0.2, 0) is 0 Å². The highest BCUT2D eigenvalue weighted by atomic mass is 28.2. The van der Waals surface area contributed by atoms with Crippen LogP contribution in [0.1, 0.15) is 0 Å². The van der Waals surface area contributed by atoms with Gasteiger partial charge in [0.2, 0.25) is 0 Å². The predicted octanol–water partition coefficient (Wildman–Crippen LogP) is 4.10. The molecule has 0 radical (unpaired) electrons. The number of hydrogen-bond donors (Lipinski definition) is 0. The van der Waals surface area contributed by atoms with E-state index in [1.807, 2.05) is 0 Å². The Kier molecular flexibility index (Phi) is 2.58. The van der Waals surface area contributed by atoms with Crippen molar-refractivity contribution in [1.29, 1.82) is 0 Å². The van der Waals surface area contributed by atoms with E-state index >= 15 is 0 Å². The summed E-state index contributed by atoms with van der Waals surface area (Å²) in [5.74, 6) is 0. The molecule has 0 atom stereocenters. The molecule has 25 heavy (non-hydrogen) atoms. The van der Waals surface area contributed by atoms with E-state index < -0.39 is 9.52 Å². The maximum atomic E-state index is 2.35. The third kappa shape index (κ3) is 1.71. The van der Waals surface area contributed by atoms with Crippen LogP contribution in [0, 0.1) is 0 Å². The van der Waals surface area contributed by atoms with Crippen LogP contribution in [0.25, 0.3) is 44.5 Å². The molecule has 0 saturated carbocycles. The summed E-state index contributed by atoms with van der Waals surface area (Å²) >= 11 is 0. The van der Waals surface area contributed by atoms with Gasteiger partial charge in [-0.3, -0.25) is 0 Å². The standard InChI is InChI=1S/C24H16Si/c1-3-9-17-15(7-1)19-11-5-13-21(23(17)19)25-22-14-6-12-20-16-8-2-4-10-18(16)24(20)22/h1-14H,25H2. The fraction of sp³-hybridized carbons (Fsp3) is 0. The van der Waals surface area contributed by atoms with E-state index in [0.29, 0.717) is 0 Å². The first kappa shape index (κ1) is 13.4. The molecule has 0 spiro atoms. The van der Waals surface area contributed by atoms with Gasteiger partial charge in [-0.15, -0.1) is 0 Å². The molecule has 0 unspecified atom stereocenters. The van der Waals surface area contributed by atoms with Crippen molar-refractivity contribution in [3.05, 3.63) is 84.9 Å². The Morgan fingerprint density at radius 1 is 0.360 bits per heavy atom. The molecule has 0 aromatic heterocycles. The minimum atomic E-state index is -0.511. The Hall–Kier alpha value is -2.90. The number of hydrogen-bond acceptors (Lipinski definition) is 0. The van der Waals surface area contributed by atoms with Crippen molar-refractivity contribution in [2.45, 2.75) is 0 Å². The topological polar surface area (TPSA) is 0 Å². The first-order valence-corrected chi connectivity index (χ1v) is 10.3. The molecule has 0 saturated heterocycles. The molecule has 4 aromatic rings. The number of fused-ring (bicyclic) bond motifs is 8. The average molecular weight is 332 g/mol. The third-order valence-electron chi connectivity index (χ3n) is 5.66. The van der Waals surface area contributed by atoms with Gasteiger partial charge in [0.05, 0.1) is 9.52 Å². The lowest BCUT2D eigenvalue weighted by Crippen LogP contribution is -2.33. The number of benzene rings is 4. The SMILES string of the molecule is c1ccc2c(c1)-c1cccc([SiH2]c3cccc4c3-c3ccccc3-4)c1-2. The Morgan fingerprint density at radius 2 is 0.760 bits per heavy atom. The highest BCUT2D eigenvalue weighted by Crippen LogP contribution is 2.47. The average Bonchev–Trinajstić information content (AvgIpc) is 2.64. The summed E-state index contributed by atoms with van der Waals surface area (Å²) in [5, 5.41) is 3.16.